The van der Waals surface area contributed by atoms with Gasteiger partial charge in [-0.3, -0.25) is 9.59 Å². The Morgan fingerprint density at radius 1 is 0.764 bits per heavy atom. The van der Waals surface area contributed by atoms with Crippen LogP contribution in [0.25, 0.3) is 22.4 Å². The summed E-state index contributed by atoms with van der Waals surface area (Å²) in [6.07, 6.45) is -1.25. The highest BCUT2D eigenvalue weighted by molar-refractivity contribution is 6.02. The van der Waals surface area contributed by atoms with Gasteiger partial charge >= 0.3 is 6.18 Å². The maximum Gasteiger partial charge on any atom is 0.416 e. The van der Waals surface area contributed by atoms with Gasteiger partial charge in [-0.05, 0) is 78.3 Å². The average Bonchev–Trinajstić information content (AvgIpc) is 3.16. The van der Waals surface area contributed by atoms with Crippen molar-refractivity contribution in [1.82, 2.24) is 4.90 Å². The molecular formula is C47H51F3N2O3. The van der Waals surface area contributed by atoms with Gasteiger partial charge in [0.2, 0.25) is 0 Å². The molecule has 0 heterocycles. The van der Waals surface area contributed by atoms with Crippen LogP contribution in [-0.4, -0.2) is 37.3 Å². The fourth-order valence-electron chi connectivity index (χ4n) is 6.81. The summed E-state index contributed by atoms with van der Waals surface area (Å²) in [4.78, 5) is 28.7. The van der Waals surface area contributed by atoms with E-state index < -0.39 is 17.2 Å². The Bertz CT molecular complexity index is 2010. The van der Waals surface area contributed by atoms with Crippen molar-refractivity contribution >= 4 is 28.6 Å². The number of nitrogens with one attached hydrogen (secondary N) is 1. The molecule has 55 heavy (non-hydrogen) atoms. The molecule has 0 fully saturated rings. The lowest BCUT2D eigenvalue weighted by atomic mass is 9.68. The van der Waals surface area contributed by atoms with E-state index in [1.54, 1.807) is 32.3 Å². The molecule has 4 rings (SSSR count). The number of alkyl halides is 3. The fraction of sp³-hybridized carbons (Fsp3) is 0.277. The first-order valence-corrected chi connectivity index (χ1v) is 18.5. The predicted molar refractivity (Wildman–Crippen MR) is 219 cm³/mol. The van der Waals surface area contributed by atoms with E-state index in [4.69, 9.17) is 4.74 Å². The number of ketones is 1. The number of carbonyl (C=O) groups excluding carboxylic acids is 2. The van der Waals surface area contributed by atoms with Crippen LogP contribution in [0.5, 0.6) is 0 Å². The van der Waals surface area contributed by atoms with Crippen molar-refractivity contribution in [3.63, 3.8) is 0 Å². The van der Waals surface area contributed by atoms with Crippen molar-refractivity contribution in [2.75, 3.05) is 26.0 Å². The van der Waals surface area contributed by atoms with Crippen molar-refractivity contribution in [3.05, 3.63) is 163 Å². The van der Waals surface area contributed by atoms with Gasteiger partial charge in [-0.1, -0.05) is 118 Å². The van der Waals surface area contributed by atoms with Crippen LogP contribution in [0.4, 0.5) is 18.9 Å². The smallest absolute Gasteiger partial charge is 0.416 e. The van der Waals surface area contributed by atoms with Crippen LogP contribution < -0.4 is 5.32 Å². The Balaban J connectivity index is 1.52. The molecule has 0 aliphatic rings. The Morgan fingerprint density at radius 3 is 2.04 bits per heavy atom. The monoisotopic (exact) mass is 748 g/mol. The second-order valence-electron chi connectivity index (χ2n) is 13.8. The average molecular weight is 749 g/mol. The van der Waals surface area contributed by atoms with Crippen LogP contribution in [0.2, 0.25) is 0 Å². The largest absolute Gasteiger partial charge is 0.498 e. The Labute approximate surface area is 323 Å². The molecule has 288 valence electrons. The maximum absolute atomic E-state index is 13.7. The molecule has 0 bridgehead atoms. The summed E-state index contributed by atoms with van der Waals surface area (Å²) < 4.78 is 45.6. The van der Waals surface area contributed by atoms with E-state index in [0.29, 0.717) is 65.3 Å². The molecule has 1 atom stereocenters. The van der Waals surface area contributed by atoms with Crippen LogP contribution in [0, 0.1) is 0 Å². The third-order valence-electron chi connectivity index (χ3n) is 9.74. The van der Waals surface area contributed by atoms with Gasteiger partial charge in [0.1, 0.15) is 11.5 Å². The molecule has 5 nitrogen and oxygen atoms in total. The summed E-state index contributed by atoms with van der Waals surface area (Å²) in [5.41, 5.74) is 5.13. The van der Waals surface area contributed by atoms with Crippen LogP contribution in [0.1, 0.15) is 85.0 Å². The van der Waals surface area contributed by atoms with Gasteiger partial charge in [0.15, 0.2) is 0 Å². The molecule has 0 spiro atoms. The SMILES string of the molecule is C=C(CCCC(=O)CC(C(=C)CCC)(C(=C)OCC)c1ccccc1)c1ccc(NC(=C)c2ccccc2-c2ccc(C(F)(F)F)cc2)c(C(=O)N(C)C)c1. The molecular weight excluding hydrogens is 698 g/mol. The normalized spacial score (nSPS) is 12.3. The lowest BCUT2D eigenvalue weighted by molar-refractivity contribution is -0.137. The van der Waals surface area contributed by atoms with Crippen molar-refractivity contribution in [2.45, 2.75) is 64.0 Å². The van der Waals surface area contributed by atoms with E-state index in [0.717, 1.165) is 47.2 Å². The minimum absolute atomic E-state index is 0.0628. The molecule has 1 amide bonds. The Hall–Kier alpha value is -5.63. The molecule has 4 aromatic carbocycles. The molecule has 0 aliphatic heterocycles. The van der Waals surface area contributed by atoms with E-state index in [9.17, 15) is 22.8 Å². The maximum atomic E-state index is 13.7. The highest BCUT2D eigenvalue weighted by atomic mass is 19.4. The van der Waals surface area contributed by atoms with Gasteiger partial charge < -0.3 is 15.0 Å². The van der Waals surface area contributed by atoms with Crippen LogP contribution in [0.15, 0.2) is 135 Å². The number of hydrogen-bond acceptors (Lipinski definition) is 4. The number of Topliss-reactive ketones (excluding diaryl/α,β-unsaturated/α-hetero) is 1. The van der Waals surface area contributed by atoms with Crippen LogP contribution >= 0.6 is 0 Å². The van der Waals surface area contributed by atoms with Crippen LogP contribution in [-0.2, 0) is 21.1 Å². The number of nitrogens with zero attached hydrogens (tertiary/aromatic N) is 1. The zero-order valence-corrected chi connectivity index (χ0v) is 32.3. The summed E-state index contributed by atoms with van der Waals surface area (Å²) in [6, 6.07) is 27.5. The lowest BCUT2D eigenvalue weighted by Crippen LogP contribution is -2.34. The second kappa shape index (κ2) is 18.6. The minimum atomic E-state index is -4.44. The van der Waals surface area contributed by atoms with E-state index >= 15 is 0 Å². The van der Waals surface area contributed by atoms with Gasteiger partial charge in [-0.2, -0.15) is 13.2 Å². The molecule has 1 N–H and O–H groups in total. The van der Waals surface area contributed by atoms with Crippen LogP contribution in [0.3, 0.4) is 0 Å². The first kappa shape index (κ1) is 42.1. The molecule has 1 unspecified atom stereocenters. The number of amides is 1. The number of carbonyl (C=O) groups is 2. The summed E-state index contributed by atoms with van der Waals surface area (Å²) in [5.74, 6) is 0.345. The number of hydrogen-bond donors (Lipinski definition) is 1. The third kappa shape index (κ3) is 10.1. The number of anilines is 1. The third-order valence-corrected chi connectivity index (χ3v) is 9.74. The highest BCUT2D eigenvalue weighted by Gasteiger charge is 2.41. The molecule has 0 radical (unpaired) electrons. The highest BCUT2D eigenvalue weighted by Crippen LogP contribution is 2.44. The zero-order valence-electron chi connectivity index (χ0n) is 32.3. The van der Waals surface area contributed by atoms with E-state index in [2.05, 4.69) is 38.6 Å². The van der Waals surface area contributed by atoms with Gasteiger partial charge in [0.05, 0.1) is 28.8 Å². The van der Waals surface area contributed by atoms with Crippen molar-refractivity contribution < 1.29 is 27.5 Å². The number of rotatable bonds is 19. The minimum Gasteiger partial charge on any atom is -0.498 e. The number of benzene rings is 4. The first-order chi connectivity index (χ1) is 26.1. The quantitative estimate of drug-likeness (QED) is 0.0766. The first-order valence-electron chi connectivity index (χ1n) is 18.5. The van der Waals surface area contributed by atoms with E-state index in [1.165, 1.54) is 17.0 Å². The van der Waals surface area contributed by atoms with Gasteiger partial charge in [-0.25, -0.2) is 0 Å². The fourth-order valence-corrected chi connectivity index (χ4v) is 6.81. The van der Waals surface area contributed by atoms with Crippen molar-refractivity contribution in [2.24, 2.45) is 0 Å². The predicted octanol–water partition coefficient (Wildman–Crippen LogP) is 12.1. The summed E-state index contributed by atoms with van der Waals surface area (Å²) in [7, 11) is 3.33. The van der Waals surface area contributed by atoms with Crippen molar-refractivity contribution in [3.8, 4) is 11.1 Å². The molecule has 0 saturated carbocycles. The summed E-state index contributed by atoms with van der Waals surface area (Å²) >= 11 is 0. The van der Waals surface area contributed by atoms with Gasteiger partial charge in [0.25, 0.3) is 5.91 Å². The van der Waals surface area contributed by atoms with Gasteiger partial charge in [-0.15, -0.1) is 0 Å². The lowest BCUT2D eigenvalue weighted by Gasteiger charge is -2.37. The number of halogens is 3. The Kier molecular flexibility index (Phi) is 14.3. The standard InChI is InChI=1S/C47H51F3N2O3/c1-9-17-33(4)46(35(6)55-10-2,38-19-12-11-13-20-38)31-40(53)21-16-18-32(3)37-26-29-44(43(30-37)45(54)52(7)8)51-34(5)41-22-14-15-23-42(41)36-24-27-39(28-25-36)47(48,49)50/h11-15,19-20,22-30,51H,3-6,9-10,16-18,21,31H2,1-2,7-8H3. The molecule has 4 aromatic rings. The summed E-state index contributed by atoms with van der Waals surface area (Å²) in [5, 5.41) is 3.28. The van der Waals surface area contributed by atoms with E-state index in [1.807, 2.05) is 61.5 Å². The molecule has 0 aliphatic carbocycles. The summed E-state index contributed by atoms with van der Waals surface area (Å²) in [6.45, 7) is 21.6. The Morgan fingerprint density at radius 2 is 1.42 bits per heavy atom. The molecule has 0 aromatic heterocycles. The molecule has 8 heteroatoms. The zero-order chi connectivity index (χ0) is 40.3. The topological polar surface area (TPSA) is 58.6 Å². The van der Waals surface area contributed by atoms with Crippen molar-refractivity contribution in [1.29, 1.82) is 0 Å². The number of allylic oxidation sites excluding steroid dienone is 2. The second-order valence-corrected chi connectivity index (χ2v) is 13.8. The van der Waals surface area contributed by atoms with E-state index in [-0.39, 0.29) is 18.1 Å². The van der Waals surface area contributed by atoms with Gasteiger partial charge in [0, 0.05) is 38.2 Å². The molecule has 0 saturated heterocycles. The number of ether oxygens (including phenoxy) is 1.